The standard InChI is InChI=1S/C18H22O3/c1-5-18-10-14(19)6-7-15(18)20-17(21-18)16-12(3)8-11(2)9-13(16)4/h6-9,15,17H,5,10H2,1-4H3/t15-,17-,18+/m1/s1. The number of ether oxygens (including phenoxy) is 2. The molecule has 112 valence electrons. The van der Waals surface area contributed by atoms with Crippen molar-refractivity contribution in [1.82, 2.24) is 0 Å². The molecule has 0 radical (unpaired) electrons. The van der Waals surface area contributed by atoms with Gasteiger partial charge in [0.15, 0.2) is 12.1 Å². The van der Waals surface area contributed by atoms with Gasteiger partial charge in [0, 0.05) is 12.0 Å². The maximum Gasteiger partial charge on any atom is 0.185 e. The zero-order chi connectivity index (χ0) is 15.2. The highest BCUT2D eigenvalue weighted by molar-refractivity contribution is 5.91. The molecule has 3 rings (SSSR count). The molecule has 3 heteroatoms. The van der Waals surface area contributed by atoms with Gasteiger partial charge in [-0.15, -0.1) is 0 Å². The molecule has 1 saturated heterocycles. The van der Waals surface area contributed by atoms with E-state index in [1.54, 1.807) is 6.08 Å². The number of fused-ring (bicyclic) bond motifs is 1. The van der Waals surface area contributed by atoms with Crippen molar-refractivity contribution in [2.24, 2.45) is 0 Å². The molecule has 0 amide bonds. The van der Waals surface area contributed by atoms with E-state index < -0.39 is 5.60 Å². The van der Waals surface area contributed by atoms with Gasteiger partial charge in [-0.05, 0) is 50.5 Å². The van der Waals surface area contributed by atoms with E-state index in [0.29, 0.717) is 6.42 Å². The molecule has 1 heterocycles. The molecule has 1 aliphatic carbocycles. The Kier molecular flexibility index (Phi) is 3.50. The van der Waals surface area contributed by atoms with Gasteiger partial charge in [-0.2, -0.15) is 0 Å². The van der Waals surface area contributed by atoms with E-state index in [-0.39, 0.29) is 18.2 Å². The highest BCUT2D eigenvalue weighted by Gasteiger charge is 2.50. The van der Waals surface area contributed by atoms with E-state index in [9.17, 15) is 4.79 Å². The number of ketones is 1. The Morgan fingerprint density at radius 2 is 1.90 bits per heavy atom. The second-order valence-corrected chi connectivity index (χ2v) is 6.24. The summed E-state index contributed by atoms with van der Waals surface area (Å²) < 4.78 is 12.4. The largest absolute Gasteiger partial charge is 0.338 e. The van der Waals surface area contributed by atoms with Gasteiger partial charge in [-0.25, -0.2) is 0 Å². The Morgan fingerprint density at radius 1 is 1.24 bits per heavy atom. The van der Waals surface area contributed by atoms with Gasteiger partial charge in [-0.1, -0.05) is 24.6 Å². The van der Waals surface area contributed by atoms with Crippen LogP contribution in [0.5, 0.6) is 0 Å². The molecule has 0 spiro atoms. The fourth-order valence-electron chi connectivity index (χ4n) is 3.58. The van der Waals surface area contributed by atoms with Crippen LogP contribution >= 0.6 is 0 Å². The molecular weight excluding hydrogens is 264 g/mol. The predicted molar refractivity (Wildman–Crippen MR) is 81.1 cm³/mol. The van der Waals surface area contributed by atoms with Crippen LogP contribution in [0.15, 0.2) is 24.3 Å². The average molecular weight is 286 g/mol. The third-order valence-corrected chi connectivity index (χ3v) is 4.63. The van der Waals surface area contributed by atoms with Crippen LogP contribution in [0.25, 0.3) is 0 Å². The van der Waals surface area contributed by atoms with E-state index >= 15 is 0 Å². The molecule has 1 fully saturated rings. The second kappa shape index (κ2) is 5.08. The number of hydrogen-bond acceptors (Lipinski definition) is 3. The minimum atomic E-state index is -0.500. The predicted octanol–water partition coefficient (Wildman–Crippen LogP) is 3.70. The first-order valence-electron chi connectivity index (χ1n) is 7.57. The van der Waals surface area contributed by atoms with Gasteiger partial charge in [0.05, 0.1) is 0 Å². The number of rotatable bonds is 2. The summed E-state index contributed by atoms with van der Waals surface area (Å²) in [5, 5.41) is 0. The average Bonchev–Trinajstić information content (AvgIpc) is 2.76. The summed E-state index contributed by atoms with van der Waals surface area (Å²) in [5.41, 5.74) is 4.20. The molecule has 0 unspecified atom stereocenters. The first-order chi connectivity index (χ1) is 9.95. The zero-order valence-electron chi connectivity index (χ0n) is 13.1. The number of aryl methyl sites for hydroxylation is 3. The summed E-state index contributed by atoms with van der Waals surface area (Å²) in [6.45, 7) is 8.32. The first-order valence-corrected chi connectivity index (χ1v) is 7.57. The lowest BCUT2D eigenvalue weighted by Gasteiger charge is -2.31. The fraction of sp³-hybridized carbons (Fsp3) is 0.500. The summed E-state index contributed by atoms with van der Waals surface area (Å²) >= 11 is 0. The van der Waals surface area contributed by atoms with Gasteiger partial charge < -0.3 is 9.47 Å². The lowest BCUT2D eigenvalue weighted by molar-refractivity contribution is -0.126. The summed E-state index contributed by atoms with van der Waals surface area (Å²) in [4.78, 5) is 11.8. The van der Waals surface area contributed by atoms with Crippen molar-refractivity contribution in [3.63, 3.8) is 0 Å². The quantitative estimate of drug-likeness (QED) is 0.831. The third kappa shape index (κ3) is 2.34. The van der Waals surface area contributed by atoms with Crippen LogP contribution < -0.4 is 0 Å². The van der Waals surface area contributed by atoms with E-state index in [0.717, 1.165) is 12.0 Å². The molecule has 0 aromatic heterocycles. The van der Waals surface area contributed by atoms with Gasteiger partial charge in [0.1, 0.15) is 11.7 Å². The summed E-state index contributed by atoms with van der Waals surface area (Å²) in [6.07, 6.45) is 4.14. The Hall–Kier alpha value is -1.45. The molecular formula is C18H22O3. The molecule has 0 N–H and O–H groups in total. The molecule has 2 aliphatic rings. The molecule has 1 aliphatic heterocycles. The fourth-order valence-corrected chi connectivity index (χ4v) is 3.58. The van der Waals surface area contributed by atoms with Crippen molar-refractivity contribution in [1.29, 1.82) is 0 Å². The molecule has 1 aromatic carbocycles. The minimum Gasteiger partial charge on any atom is -0.338 e. The molecule has 0 saturated carbocycles. The van der Waals surface area contributed by atoms with Gasteiger partial charge in [-0.3, -0.25) is 4.79 Å². The van der Waals surface area contributed by atoms with Crippen LogP contribution in [0.1, 0.15) is 48.3 Å². The van der Waals surface area contributed by atoms with Crippen molar-refractivity contribution in [2.45, 2.75) is 58.5 Å². The topological polar surface area (TPSA) is 35.5 Å². The molecule has 3 nitrogen and oxygen atoms in total. The maximum absolute atomic E-state index is 11.8. The Bertz CT molecular complexity index is 594. The van der Waals surface area contributed by atoms with Crippen LogP contribution in [0.3, 0.4) is 0 Å². The Labute approximate surface area is 125 Å². The number of carbonyl (C=O) groups excluding carboxylic acids is 1. The monoisotopic (exact) mass is 286 g/mol. The van der Waals surface area contributed by atoms with Crippen LogP contribution in [0.2, 0.25) is 0 Å². The normalized spacial score (nSPS) is 31.5. The molecule has 3 atom stereocenters. The molecule has 21 heavy (non-hydrogen) atoms. The number of hydrogen-bond donors (Lipinski definition) is 0. The van der Waals surface area contributed by atoms with E-state index in [1.165, 1.54) is 16.7 Å². The van der Waals surface area contributed by atoms with Crippen LogP contribution in [0, 0.1) is 20.8 Å². The van der Waals surface area contributed by atoms with Crippen LogP contribution in [0.4, 0.5) is 0 Å². The van der Waals surface area contributed by atoms with Crippen molar-refractivity contribution in [2.75, 3.05) is 0 Å². The number of benzene rings is 1. The Morgan fingerprint density at radius 3 is 2.52 bits per heavy atom. The van der Waals surface area contributed by atoms with Gasteiger partial charge >= 0.3 is 0 Å². The lowest BCUT2D eigenvalue weighted by Crippen LogP contribution is -2.42. The lowest BCUT2D eigenvalue weighted by atomic mass is 9.84. The first kappa shape index (κ1) is 14.5. The Balaban J connectivity index is 1.98. The van der Waals surface area contributed by atoms with Crippen molar-refractivity contribution in [3.8, 4) is 0 Å². The zero-order valence-corrected chi connectivity index (χ0v) is 13.1. The van der Waals surface area contributed by atoms with E-state index in [1.807, 2.05) is 6.08 Å². The minimum absolute atomic E-state index is 0.120. The highest BCUT2D eigenvalue weighted by Crippen LogP contribution is 2.46. The number of carbonyl (C=O) groups is 1. The van der Waals surface area contributed by atoms with Crippen molar-refractivity contribution in [3.05, 3.63) is 46.5 Å². The highest BCUT2D eigenvalue weighted by atomic mass is 16.7. The third-order valence-electron chi connectivity index (χ3n) is 4.63. The van der Waals surface area contributed by atoms with Crippen molar-refractivity contribution >= 4 is 5.78 Å². The van der Waals surface area contributed by atoms with E-state index in [2.05, 4.69) is 39.8 Å². The summed E-state index contributed by atoms with van der Waals surface area (Å²) in [7, 11) is 0. The van der Waals surface area contributed by atoms with Gasteiger partial charge in [0.2, 0.25) is 0 Å². The SMILES string of the molecule is CC[C@]12CC(=O)C=C[C@H]1O[C@@H](c1c(C)cc(C)cc1C)O2. The maximum atomic E-state index is 11.8. The van der Waals surface area contributed by atoms with E-state index in [4.69, 9.17) is 9.47 Å². The smallest absolute Gasteiger partial charge is 0.185 e. The van der Waals surface area contributed by atoms with Crippen LogP contribution in [-0.4, -0.2) is 17.5 Å². The molecule has 0 bridgehead atoms. The van der Waals surface area contributed by atoms with Crippen LogP contribution in [-0.2, 0) is 14.3 Å². The summed E-state index contributed by atoms with van der Waals surface area (Å²) in [5.74, 6) is 0.120. The van der Waals surface area contributed by atoms with Crippen molar-refractivity contribution < 1.29 is 14.3 Å². The molecule has 1 aromatic rings. The summed E-state index contributed by atoms with van der Waals surface area (Å²) in [6, 6.07) is 4.30. The second-order valence-electron chi connectivity index (χ2n) is 6.24. The van der Waals surface area contributed by atoms with Gasteiger partial charge in [0.25, 0.3) is 0 Å². The number of allylic oxidation sites excluding steroid dienone is 1.